The maximum absolute atomic E-state index is 12.1. The lowest BCUT2D eigenvalue weighted by atomic mass is 10.2. The smallest absolute Gasteiger partial charge is 0.282 e. The van der Waals surface area contributed by atoms with Gasteiger partial charge in [-0.3, -0.25) is 4.79 Å². The minimum atomic E-state index is -0.124. The van der Waals surface area contributed by atoms with E-state index < -0.39 is 0 Å². The van der Waals surface area contributed by atoms with Gasteiger partial charge in [-0.2, -0.15) is 5.10 Å². The molecule has 2 aromatic heterocycles. The summed E-state index contributed by atoms with van der Waals surface area (Å²) in [4.78, 5) is 27.6. The molecular formula is C17H22BrN7O2. The predicted octanol–water partition coefficient (Wildman–Crippen LogP) is 0.496. The van der Waals surface area contributed by atoms with Crippen LogP contribution in [0.4, 0.5) is 17.3 Å². The lowest BCUT2D eigenvalue weighted by Crippen LogP contribution is -2.47. The largest absolute Gasteiger partial charge is 0.378 e. The van der Waals surface area contributed by atoms with Crippen LogP contribution in [0.2, 0.25) is 0 Å². The average Bonchev–Trinajstić information content (AvgIpc) is 2.73. The molecule has 0 unspecified atom stereocenters. The summed E-state index contributed by atoms with van der Waals surface area (Å²) < 4.78 is 7.30. The van der Waals surface area contributed by atoms with Crippen LogP contribution in [0.25, 0.3) is 0 Å². The van der Waals surface area contributed by atoms with Crippen molar-refractivity contribution < 1.29 is 4.74 Å². The topological polar surface area (TPSA) is 79.6 Å². The van der Waals surface area contributed by atoms with Gasteiger partial charge in [0.2, 0.25) is 0 Å². The average molecular weight is 436 g/mol. The van der Waals surface area contributed by atoms with E-state index in [1.54, 1.807) is 19.6 Å². The summed E-state index contributed by atoms with van der Waals surface area (Å²) in [6, 6.07) is 2.05. The zero-order valence-corrected chi connectivity index (χ0v) is 16.8. The van der Waals surface area contributed by atoms with Crippen LogP contribution >= 0.6 is 15.9 Å². The molecule has 2 fully saturated rings. The Morgan fingerprint density at radius 2 is 1.56 bits per heavy atom. The van der Waals surface area contributed by atoms with Crippen LogP contribution in [0.1, 0.15) is 0 Å². The lowest BCUT2D eigenvalue weighted by Gasteiger charge is -2.37. The van der Waals surface area contributed by atoms with E-state index in [4.69, 9.17) is 4.74 Å². The molecule has 0 atom stereocenters. The maximum Gasteiger partial charge on any atom is 0.282 e. The van der Waals surface area contributed by atoms with Crippen LogP contribution in [-0.2, 0) is 11.8 Å². The number of halogens is 1. The van der Waals surface area contributed by atoms with Gasteiger partial charge in [0.25, 0.3) is 5.56 Å². The Balaban J connectivity index is 1.45. The molecule has 2 aliphatic rings. The fraction of sp³-hybridized carbons (Fsp3) is 0.529. The molecule has 2 aromatic rings. The molecule has 9 nitrogen and oxygen atoms in total. The number of ether oxygens (including phenoxy) is 1. The molecule has 0 saturated carbocycles. The van der Waals surface area contributed by atoms with Crippen LogP contribution in [0.3, 0.4) is 0 Å². The van der Waals surface area contributed by atoms with Crippen molar-refractivity contribution in [2.75, 3.05) is 67.2 Å². The van der Waals surface area contributed by atoms with Crippen molar-refractivity contribution in [3.63, 3.8) is 0 Å². The molecule has 2 aliphatic heterocycles. The van der Waals surface area contributed by atoms with Crippen LogP contribution in [0.5, 0.6) is 0 Å². The molecule has 144 valence electrons. The molecule has 4 heterocycles. The van der Waals surface area contributed by atoms with Crippen molar-refractivity contribution in [3.05, 3.63) is 33.4 Å². The molecule has 4 rings (SSSR count). The van der Waals surface area contributed by atoms with E-state index in [2.05, 4.69) is 51.8 Å². The monoisotopic (exact) mass is 435 g/mol. The molecule has 0 radical (unpaired) electrons. The highest BCUT2D eigenvalue weighted by molar-refractivity contribution is 9.10. The highest BCUT2D eigenvalue weighted by atomic mass is 79.9. The third-order valence-electron chi connectivity index (χ3n) is 4.98. The molecule has 10 heteroatoms. The minimum absolute atomic E-state index is 0.124. The third kappa shape index (κ3) is 3.77. The highest BCUT2D eigenvalue weighted by Crippen LogP contribution is 2.25. The standard InChI is InChI=1S/C17H22BrN7O2/c1-22-17(26)16(18)13(11-21-22)23-2-4-24(5-3-23)14-10-15(20-12-19-14)25-6-8-27-9-7-25/h10-12H,2-9H2,1H3. The number of aromatic nitrogens is 4. The van der Waals surface area contributed by atoms with Gasteiger partial charge >= 0.3 is 0 Å². The summed E-state index contributed by atoms with van der Waals surface area (Å²) in [5.41, 5.74) is 0.718. The maximum atomic E-state index is 12.1. The lowest BCUT2D eigenvalue weighted by molar-refractivity contribution is 0.122. The van der Waals surface area contributed by atoms with Crippen molar-refractivity contribution in [3.8, 4) is 0 Å². The van der Waals surface area contributed by atoms with Gasteiger partial charge in [-0.1, -0.05) is 0 Å². The van der Waals surface area contributed by atoms with Gasteiger partial charge in [-0.15, -0.1) is 0 Å². The van der Waals surface area contributed by atoms with Gasteiger partial charge in [-0.25, -0.2) is 14.6 Å². The highest BCUT2D eigenvalue weighted by Gasteiger charge is 2.22. The van der Waals surface area contributed by atoms with Crippen LogP contribution < -0.4 is 20.3 Å². The number of hydrogen-bond acceptors (Lipinski definition) is 8. The van der Waals surface area contributed by atoms with E-state index >= 15 is 0 Å². The zero-order chi connectivity index (χ0) is 18.8. The number of aryl methyl sites for hydroxylation is 1. The van der Waals surface area contributed by atoms with Crippen molar-refractivity contribution >= 4 is 33.3 Å². The molecular weight excluding hydrogens is 414 g/mol. The van der Waals surface area contributed by atoms with Crippen LogP contribution in [0.15, 0.2) is 27.9 Å². The third-order valence-corrected chi connectivity index (χ3v) is 5.72. The molecule has 0 N–H and O–H groups in total. The SMILES string of the molecule is Cn1ncc(N2CCN(c3cc(N4CCOCC4)ncn3)CC2)c(Br)c1=O. The summed E-state index contributed by atoms with van der Waals surface area (Å²) in [6.45, 7) is 6.41. The Labute approximate surface area is 165 Å². The summed E-state index contributed by atoms with van der Waals surface area (Å²) >= 11 is 3.42. The second kappa shape index (κ2) is 7.81. The van der Waals surface area contributed by atoms with Gasteiger partial charge in [0.1, 0.15) is 22.4 Å². The Bertz CT molecular complexity index is 861. The number of hydrogen-bond donors (Lipinski definition) is 0. The first-order chi connectivity index (χ1) is 13.1. The minimum Gasteiger partial charge on any atom is -0.378 e. The van der Waals surface area contributed by atoms with E-state index in [9.17, 15) is 4.79 Å². The van der Waals surface area contributed by atoms with Crippen molar-refractivity contribution in [2.45, 2.75) is 0 Å². The quantitative estimate of drug-likeness (QED) is 0.689. The fourth-order valence-corrected chi connectivity index (χ4v) is 3.98. The first-order valence-electron chi connectivity index (χ1n) is 9.00. The summed E-state index contributed by atoms with van der Waals surface area (Å²) in [5.74, 6) is 1.89. The Kier molecular flexibility index (Phi) is 5.26. The number of anilines is 3. The van der Waals surface area contributed by atoms with E-state index in [0.717, 1.165) is 69.8 Å². The molecule has 0 spiro atoms. The number of piperazine rings is 1. The second-order valence-electron chi connectivity index (χ2n) is 6.58. The first-order valence-corrected chi connectivity index (χ1v) is 9.79. The van der Waals surface area contributed by atoms with Gasteiger partial charge in [0.05, 0.1) is 25.1 Å². The Morgan fingerprint density at radius 1 is 0.963 bits per heavy atom. The van der Waals surface area contributed by atoms with E-state index in [0.29, 0.717) is 4.47 Å². The molecule has 2 saturated heterocycles. The number of nitrogens with zero attached hydrogens (tertiary/aromatic N) is 7. The van der Waals surface area contributed by atoms with Crippen molar-refractivity contribution in [2.24, 2.45) is 7.05 Å². The zero-order valence-electron chi connectivity index (χ0n) is 15.2. The first kappa shape index (κ1) is 18.2. The van der Waals surface area contributed by atoms with Gasteiger partial charge in [0.15, 0.2) is 0 Å². The van der Waals surface area contributed by atoms with E-state index in [-0.39, 0.29) is 5.56 Å². The number of rotatable bonds is 3. The van der Waals surface area contributed by atoms with Gasteiger partial charge < -0.3 is 19.4 Å². The van der Waals surface area contributed by atoms with Gasteiger partial charge in [-0.05, 0) is 15.9 Å². The Hall–Kier alpha value is -2.20. The Morgan fingerprint density at radius 3 is 2.22 bits per heavy atom. The molecule has 0 aliphatic carbocycles. The van der Waals surface area contributed by atoms with E-state index in [1.165, 1.54) is 4.68 Å². The summed E-state index contributed by atoms with van der Waals surface area (Å²) in [7, 11) is 1.65. The summed E-state index contributed by atoms with van der Waals surface area (Å²) in [5, 5.41) is 4.14. The summed E-state index contributed by atoms with van der Waals surface area (Å²) in [6.07, 6.45) is 3.37. The normalized spacial score (nSPS) is 18.1. The molecule has 0 aromatic carbocycles. The van der Waals surface area contributed by atoms with Crippen molar-refractivity contribution in [1.29, 1.82) is 0 Å². The van der Waals surface area contributed by atoms with Crippen LogP contribution in [-0.4, -0.2) is 72.2 Å². The van der Waals surface area contributed by atoms with Crippen molar-refractivity contribution in [1.82, 2.24) is 19.7 Å². The second-order valence-corrected chi connectivity index (χ2v) is 7.37. The molecule has 0 bridgehead atoms. The molecule has 27 heavy (non-hydrogen) atoms. The van der Waals surface area contributed by atoms with Gasteiger partial charge in [0, 0.05) is 52.4 Å². The predicted molar refractivity (Wildman–Crippen MR) is 107 cm³/mol. The van der Waals surface area contributed by atoms with Crippen LogP contribution in [0, 0.1) is 0 Å². The molecule has 0 amide bonds. The van der Waals surface area contributed by atoms with E-state index in [1.807, 2.05) is 0 Å². The number of morpholine rings is 1. The fourth-order valence-electron chi connectivity index (χ4n) is 3.37.